The molecule has 0 rings (SSSR count). The fourth-order valence-corrected chi connectivity index (χ4v) is 0.306. The average Bonchev–Trinajstić information content (AvgIpc) is 1.82. The second-order valence-electron chi connectivity index (χ2n) is 3.74. The predicted octanol–water partition coefficient (Wildman–Crippen LogP) is 1.13. The van der Waals surface area contributed by atoms with Gasteiger partial charge in [-0.05, 0) is 5.41 Å². The zero-order chi connectivity index (χ0) is 12.0. The van der Waals surface area contributed by atoms with Crippen LogP contribution in [0, 0.1) is 5.41 Å². The number of nitrogens with two attached hydrogens (primary N) is 1. The fraction of sp³-hybridized carbons (Fsp3) is 0.857. The molecule has 0 saturated heterocycles. The number of aliphatic carboxylic acids is 1. The van der Waals surface area contributed by atoms with Crippen LogP contribution in [-0.2, 0) is 4.79 Å². The highest BCUT2D eigenvalue weighted by Gasteiger charge is 2.38. The van der Waals surface area contributed by atoms with Crippen LogP contribution in [0.3, 0.4) is 0 Å². The summed E-state index contributed by atoms with van der Waals surface area (Å²) >= 11 is 0. The summed E-state index contributed by atoms with van der Waals surface area (Å²) in [5, 5.41) is 7.12. The lowest BCUT2D eigenvalue weighted by Crippen LogP contribution is -2.31. The van der Waals surface area contributed by atoms with Gasteiger partial charge in [0.15, 0.2) is 0 Å². The van der Waals surface area contributed by atoms with Crippen molar-refractivity contribution in [2.75, 3.05) is 6.54 Å². The summed E-state index contributed by atoms with van der Waals surface area (Å²) in [6.45, 7) is 7.26. The van der Waals surface area contributed by atoms with Crippen molar-refractivity contribution in [3.8, 4) is 0 Å². The second kappa shape index (κ2) is 5.82. The minimum Gasteiger partial charge on any atom is -0.475 e. The van der Waals surface area contributed by atoms with Crippen LogP contribution in [0.2, 0.25) is 0 Å². The van der Waals surface area contributed by atoms with E-state index >= 15 is 0 Å². The Kier molecular flexibility index (Phi) is 6.50. The van der Waals surface area contributed by atoms with Gasteiger partial charge in [-0.3, -0.25) is 11.3 Å². The molecule has 7 heteroatoms. The summed E-state index contributed by atoms with van der Waals surface area (Å²) < 4.78 is 31.7. The Labute approximate surface area is 80.2 Å². The van der Waals surface area contributed by atoms with Crippen LogP contribution < -0.4 is 11.3 Å². The van der Waals surface area contributed by atoms with Crippen molar-refractivity contribution in [3.05, 3.63) is 0 Å². The van der Waals surface area contributed by atoms with Crippen LogP contribution in [0.5, 0.6) is 0 Å². The first-order valence-electron chi connectivity index (χ1n) is 3.74. The van der Waals surface area contributed by atoms with Crippen LogP contribution in [0.25, 0.3) is 0 Å². The quantitative estimate of drug-likeness (QED) is 0.453. The van der Waals surface area contributed by atoms with Crippen molar-refractivity contribution in [1.29, 1.82) is 0 Å². The Morgan fingerprint density at radius 3 is 1.64 bits per heavy atom. The molecule has 0 bridgehead atoms. The van der Waals surface area contributed by atoms with Crippen LogP contribution in [0.15, 0.2) is 0 Å². The van der Waals surface area contributed by atoms with Crippen molar-refractivity contribution in [2.45, 2.75) is 26.9 Å². The molecule has 0 unspecified atom stereocenters. The zero-order valence-electron chi connectivity index (χ0n) is 8.27. The van der Waals surface area contributed by atoms with E-state index in [0.29, 0.717) is 5.41 Å². The molecule has 0 aromatic carbocycles. The third-order valence-electron chi connectivity index (χ3n) is 0.875. The second-order valence-corrected chi connectivity index (χ2v) is 3.74. The summed E-state index contributed by atoms with van der Waals surface area (Å²) in [7, 11) is 0. The number of nitrogens with one attached hydrogen (secondary N) is 1. The minimum absolute atomic E-state index is 0.314. The molecule has 0 aliphatic heterocycles. The predicted molar refractivity (Wildman–Crippen MR) is 45.3 cm³/mol. The number of halogens is 3. The van der Waals surface area contributed by atoms with Crippen molar-refractivity contribution >= 4 is 5.97 Å². The molecule has 0 radical (unpaired) electrons. The largest absolute Gasteiger partial charge is 0.490 e. The number of hydrogen-bond acceptors (Lipinski definition) is 3. The van der Waals surface area contributed by atoms with Gasteiger partial charge in [0, 0.05) is 6.54 Å². The highest BCUT2D eigenvalue weighted by Crippen LogP contribution is 2.13. The number of hydrogen-bond donors (Lipinski definition) is 3. The van der Waals surface area contributed by atoms with Crippen molar-refractivity contribution in [1.82, 2.24) is 5.43 Å². The Bertz CT molecular complexity index is 175. The molecule has 4 nitrogen and oxygen atoms in total. The van der Waals surface area contributed by atoms with Gasteiger partial charge in [0.05, 0.1) is 0 Å². The monoisotopic (exact) mass is 216 g/mol. The smallest absolute Gasteiger partial charge is 0.475 e. The third kappa shape index (κ3) is 13.7. The Morgan fingerprint density at radius 1 is 1.36 bits per heavy atom. The SMILES string of the molecule is CC(C)(C)CNN.O=C(O)C(F)(F)F. The van der Waals surface area contributed by atoms with Gasteiger partial charge in [-0.15, -0.1) is 0 Å². The van der Waals surface area contributed by atoms with Gasteiger partial charge in [-0.2, -0.15) is 13.2 Å². The summed E-state index contributed by atoms with van der Waals surface area (Å²) in [6.07, 6.45) is -5.08. The Morgan fingerprint density at radius 2 is 1.64 bits per heavy atom. The first-order chi connectivity index (χ1) is 6.00. The van der Waals surface area contributed by atoms with Gasteiger partial charge in [-0.25, -0.2) is 4.79 Å². The molecule has 0 spiro atoms. The lowest BCUT2D eigenvalue weighted by Gasteiger charge is -2.15. The standard InChI is InChI=1S/C5H14N2.C2HF3O2/c1-5(2,3)4-7-6;3-2(4,5)1(6)7/h7H,4,6H2,1-3H3;(H,6,7). The van der Waals surface area contributed by atoms with E-state index in [0.717, 1.165) is 6.54 Å². The maximum atomic E-state index is 10.6. The van der Waals surface area contributed by atoms with Crippen LogP contribution >= 0.6 is 0 Å². The molecular weight excluding hydrogens is 201 g/mol. The van der Waals surface area contributed by atoms with Crippen molar-refractivity contribution < 1.29 is 23.1 Å². The molecule has 0 saturated carbocycles. The number of carboxylic acid groups (broad SMARTS) is 1. The van der Waals surface area contributed by atoms with Crippen LogP contribution in [-0.4, -0.2) is 23.8 Å². The van der Waals surface area contributed by atoms with E-state index < -0.39 is 12.1 Å². The van der Waals surface area contributed by atoms with Gasteiger partial charge in [0.2, 0.25) is 0 Å². The highest BCUT2D eigenvalue weighted by atomic mass is 19.4. The van der Waals surface area contributed by atoms with Gasteiger partial charge in [0.25, 0.3) is 0 Å². The number of alkyl halides is 3. The van der Waals surface area contributed by atoms with Crippen molar-refractivity contribution in [3.63, 3.8) is 0 Å². The number of hydrazine groups is 1. The van der Waals surface area contributed by atoms with Gasteiger partial charge < -0.3 is 5.11 Å². The van der Waals surface area contributed by atoms with E-state index in [1.165, 1.54) is 0 Å². The maximum absolute atomic E-state index is 10.6. The summed E-state index contributed by atoms with van der Waals surface area (Å²) in [5.41, 5.74) is 2.92. The molecule has 0 fully saturated rings. The summed E-state index contributed by atoms with van der Waals surface area (Å²) in [6, 6.07) is 0. The first-order valence-corrected chi connectivity index (χ1v) is 3.74. The van der Waals surface area contributed by atoms with E-state index in [4.69, 9.17) is 15.7 Å². The molecule has 4 N–H and O–H groups in total. The number of rotatable bonds is 1. The molecule has 0 aliphatic carbocycles. The van der Waals surface area contributed by atoms with E-state index in [1.54, 1.807) is 0 Å². The third-order valence-corrected chi connectivity index (χ3v) is 0.875. The minimum atomic E-state index is -5.08. The van der Waals surface area contributed by atoms with Gasteiger partial charge in [-0.1, -0.05) is 20.8 Å². The van der Waals surface area contributed by atoms with Crippen LogP contribution in [0.4, 0.5) is 13.2 Å². The highest BCUT2D eigenvalue weighted by molar-refractivity contribution is 5.73. The molecule has 0 atom stereocenters. The maximum Gasteiger partial charge on any atom is 0.490 e. The molecule has 0 heterocycles. The summed E-state index contributed by atoms with van der Waals surface area (Å²) in [4.78, 5) is 8.90. The molecule has 14 heavy (non-hydrogen) atoms. The normalized spacial score (nSPS) is 11.6. The fourth-order valence-electron chi connectivity index (χ4n) is 0.306. The van der Waals surface area contributed by atoms with E-state index in [-0.39, 0.29) is 0 Å². The van der Waals surface area contributed by atoms with E-state index in [1.807, 2.05) is 0 Å². The van der Waals surface area contributed by atoms with Gasteiger partial charge >= 0.3 is 12.1 Å². The molecular formula is C7H15F3N2O2. The topological polar surface area (TPSA) is 75.3 Å². The molecule has 86 valence electrons. The zero-order valence-corrected chi connectivity index (χ0v) is 8.27. The molecule has 0 aliphatic rings. The summed E-state index contributed by atoms with van der Waals surface area (Å²) in [5.74, 6) is 2.31. The van der Waals surface area contributed by atoms with E-state index in [9.17, 15) is 13.2 Å². The number of carbonyl (C=O) groups is 1. The van der Waals surface area contributed by atoms with E-state index in [2.05, 4.69) is 26.2 Å². The Balaban J connectivity index is 0. The average molecular weight is 216 g/mol. The molecule has 0 aromatic heterocycles. The Hall–Kier alpha value is -0.820. The van der Waals surface area contributed by atoms with Crippen LogP contribution in [0.1, 0.15) is 20.8 Å². The lowest BCUT2D eigenvalue weighted by atomic mass is 9.98. The number of carboxylic acids is 1. The molecule has 0 aromatic rings. The lowest BCUT2D eigenvalue weighted by molar-refractivity contribution is -0.192. The molecule has 0 amide bonds. The van der Waals surface area contributed by atoms with Gasteiger partial charge in [0.1, 0.15) is 0 Å². The van der Waals surface area contributed by atoms with Crippen molar-refractivity contribution in [2.24, 2.45) is 11.3 Å². The first kappa shape index (κ1) is 15.6.